The van der Waals surface area contributed by atoms with Crippen LogP contribution < -0.4 is 5.56 Å². The van der Waals surface area contributed by atoms with E-state index in [0.717, 1.165) is 34.4 Å². The molecule has 0 atom stereocenters. The quantitative estimate of drug-likeness (QED) is 0.864. The number of halogens is 1. The highest BCUT2D eigenvalue weighted by atomic mass is 127. The molecule has 3 nitrogen and oxygen atoms in total. The number of nitrogens with zero attached hydrogens (tertiary/aromatic N) is 1. The smallest absolute Gasteiger partial charge is 0.264 e. The molecule has 0 bridgehead atoms. The maximum Gasteiger partial charge on any atom is 0.264 e. The Morgan fingerprint density at radius 2 is 2.00 bits per heavy atom. The van der Waals surface area contributed by atoms with Gasteiger partial charge in [0.05, 0.1) is 9.26 Å². The summed E-state index contributed by atoms with van der Waals surface area (Å²) in [5.74, 6) is 0.807. The van der Waals surface area contributed by atoms with Gasteiger partial charge in [0, 0.05) is 6.42 Å². The molecule has 0 saturated carbocycles. The molecule has 0 spiro atoms. The fourth-order valence-corrected chi connectivity index (χ4v) is 2.07. The molecule has 90 valence electrons. The molecule has 0 aliphatic rings. The van der Waals surface area contributed by atoms with Gasteiger partial charge in [-0.15, -0.1) is 0 Å². The number of nitrogens with one attached hydrogen (secondary N) is 1. The first-order chi connectivity index (χ1) is 7.33. The molecule has 1 aromatic rings. The molecule has 0 aliphatic heterocycles. The highest BCUT2D eigenvalue weighted by Gasteiger charge is 2.15. The number of hydrogen-bond acceptors (Lipinski definition) is 2. The van der Waals surface area contributed by atoms with E-state index < -0.39 is 0 Å². The lowest BCUT2D eigenvalue weighted by molar-refractivity contribution is 0.399. The Labute approximate surface area is 110 Å². The largest absolute Gasteiger partial charge is 0.310 e. The van der Waals surface area contributed by atoms with Crippen molar-refractivity contribution in [3.63, 3.8) is 0 Å². The summed E-state index contributed by atoms with van der Waals surface area (Å²) in [6, 6.07) is 0. The molecule has 0 unspecified atom stereocenters. The van der Waals surface area contributed by atoms with Crippen LogP contribution in [0.2, 0.25) is 0 Å². The molecule has 1 heterocycles. The van der Waals surface area contributed by atoms with E-state index in [4.69, 9.17) is 0 Å². The van der Waals surface area contributed by atoms with E-state index in [1.807, 2.05) is 0 Å². The van der Waals surface area contributed by atoms with Crippen LogP contribution in [0.25, 0.3) is 0 Å². The standard InChI is InChI=1S/C12H19IN2O/c1-5-6-8-10(13)11(16)15-9(14-8)7-12(2,3)4/h5-7H2,1-4H3,(H,14,15,16). The molecule has 1 aromatic heterocycles. The molecule has 0 aliphatic carbocycles. The van der Waals surface area contributed by atoms with Crippen LogP contribution in [-0.4, -0.2) is 9.97 Å². The van der Waals surface area contributed by atoms with Gasteiger partial charge in [0.2, 0.25) is 0 Å². The molecular formula is C12H19IN2O. The highest BCUT2D eigenvalue weighted by molar-refractivity contribution is 14.1. The molecule has 16 heavy (non-hydrogen) atoms. The number of aromatic nitrogens is 2. The average Bonchev–Trinajstić information content (AvgIpc) is 2.11. The zero-order chi connectivity index (χ0) is 12.3. The molecule has 0 saturated heterocycles. The monoisotopic (exact) mass is 334 g/mol. The lowest BCUT2D eigenvalue weighted by Gasteiger charge is -2.17. The molecule has 0 aromatic carbocycles. The first kappa shape index (κ1) is 13.7. The third-order valence-corrected chi connectivity index (χ3v) is 3.28. The van der Waals surface area contributed by atoms with Crippen molar-refractivity contribution >= 4 is 22.6 Å². The summed E-state index contributed by atoms with van der Waals surface area (Å²) >= 11 is 2.08. The molecule has 1 rings (SSSR count). The van der Waals surface area contributed by atoms with Crippen LogP contribution >= 0.6 is 22.6 Å². The van der Waals surface area contributed by atoms with Gasteiger partial charge in [-0.3, -0.25) is 4.79 Å². The summed E-state index contributed by atoms with van der Waals surface area (Å²) in [6.45, 7) is 8.53. The van der Waals surface area contributed by atoms with E-state index in [2.05, 4.69) is 60.3 Å². The second kappa shape index (κ2) is 5.29. The SMILES string of the molecule is CCCc1nc(CC(C)(C)C)[nH]c(=O)c1I. The molecule has 1 N–H and O–H groups in total. The molecular weight excluding hydrogens is 315 g/mol. The Balaban J connectivity index is 3.09. The minimum atomic E-state index is -0.00157. The van der Waals surface area contributed by atoms with Crippen molar-refractivity contribution in [2.45, 2.75) is 47.0 Å². The van der Waals surface area contributed by atoms with Crippen LogP contribution in [0, 0.1) is 8.99 Å². The number of hydrogen-bond donors (Lipinski definition) is 1. The molecule has 0 fully saturated rings. The normalized spacial score (nSPS) is 11.8. The fraction of sp³-hybridized carbons (Fsp3) is 0.667. The van der Waals surface area contributed by atoms with Gasteiger partial charge in [0.25, 0.3) is 5.56 Å². The Morgan fingerprint density at radius 3 is 2.50 bits per heavy atom. The van der Waals surface area contributed by atoms with Crippen LogP contribution in [0.4, 0.5) is 0 Å². The van der Waals surface area contributed by atoms with Gasteiger partial charge in [-0.2, -0.15) is 0 Å². The van der Waals surface area contributed by atoms with Crippen molar-refractivity contribution in [2.75, 3.05) is 0 Å². The van der Waals surface area contributed by atoms with Gasteiger partial charge in [0.15, 0.2) is 0 Å². The van der Waals surface area contributed by atoms with Crippen molar-refractivity contribution in [1.29, 1.82) is 0 Å². The summed E-state index contributed by atoms with van der Waals surface area (Å²) in [6.07, 6.45) is 2.69. The molecule has 4 heteroatoms. The summed E-state index contributed by atoms with van der Waals surface area (Å²) in [4.78, 5) is 19.1. The number of rotatable bonds is 3. The van der Waals surface area contributed by atoms with Crippen molar-refractivity contribution < 1.29 is 0 Å². The minimum Gasteiger partial charge on any atom is -0.310 e. The first-order valence-corrected chi connectivity index (χ1v) is 6.69. The van der Waals surface area contributed by atoms with Crippen LogP contribution in [-0.2, 0) is 12.8 Å². The fourth-order valence-electron chi connectivity index (χ4n) is 1.55. The first-order valence-electron chi connectivity index (χ1n) is 5.61. The average molecular weight is 334 g/mol. The van der Waals surface area contributed by atoms with E-state index in [1.54, 1.807) is 0 Å². The van der Waals surface area contributed by atoms with E-state index in [-0.39, 0.29) is 11.0 Å². The lowest BCUT2D eigenvalue weighted by atomic mass is 9.92. The Kier molecular flexibility index (Phi) is 4.52. The summed E-state index contributed by atoms with van der Waals surface area (Å²) in [5.41, 5.74) is 1.08. The number of aryl methyl sites for hydroxylation is 1. The van der Waals surface area contributed by atoms with Crippen molar-refractivity contribution in [2.24, 2.45) is 5.41 Å². The van der Waals surface area contributed by atoms with E-state index in [1.165, 1.54) is 0 Å². The minimum absolute atomic E-state index is 0.00157. The zero-order valence-corrected chi connectivity index (χ0v) is 12.5. The van der Waals surface area contributed by atoms with Crippen molar-refractivity contribution in [3.8, 4) is 0 Å². The predicted octanol–water partition coefficient (Wildman–Crippen LogP) is 2.92. The van der Waals surface area contributed by atoms with Gasteiger partial charge < -0.3 is 4.98 Å². The second-order valence-electron chi connectivity index (χ2n) is 5.26. The molecule has 0 amide bonds. The van der Waals surface area contributed by atoms with Crippen LogP contribution in [0.15, 0.2) is 4.79 Å². The zero-order valence-electron chi connectivity index (χ0n) is 10.4. The van der Waals surface area contributed by atoms with E-state index in [9.17, 15) is 4.79 Å². The van der Waals surface area contributed by atoms with Crippen LogP contribution in [0.5, 0.6) is 0 Å². The summed E-state index contributed by atoms with van der Waals surface area (Å²) in [7, 11) is 0. The van der Waals surface area contributed by atoms with Gasteiger partial charge in [-0.1, -0.05) is 34.1 Å². The maximum atomic E-state index is 11.7. The van der Waals surface area contributed by atoms with E-state index in [0.29, 0.717) is 0 Å². The second-order valence-corrected chi connectivity index (χ2v) is 6.34. The van der Waals surface area contributed by atoms with Gasteiger partial charge in [-0.05, 0) is 34.4 Å². The van der Waals surface area contributed by atoms with Crippen LogP contribution in [0.1, 0.15) is 45.6 Å². The predicted molar refractivity (Wildman–Crippen MR) is 74.7 cm³/mol. The molecule has 0 radical (unpaired) electrons. The van der Waals surface area contributed by atoms with Crippen LogP contribution in [0.3, 0.4) is 0 Å². The Hall–Kier alpha value is -0.390. The lowest BCUT2D eigenvalue weighted by Crippen LogP contribution is -2.21. The van der Waals surface area contributed by atoms with Crippen molar-refractivity contribution in [1.82, 2.24) is 9.97 Å². The third kappa shape index (κ3) is 3.88. The summed E-state index contributed by atoms with van der Waals surface area (Å²) in [5, 5.41) is 0. The van der Waals surface area contributed by atoms with E-state index >= 15 is 0 Å². The van der Waals surface area contributed by atoms with Gasteiger partial charge >= 0.3 is 0 Å². The highest BCUT2D eigenvalue weighted by Crippen LogP contribution is 2.18. The van der Waals surface area contributed by atoms with Crippen molar-refractivity contribution in [3.05, 3.63) is 25.4 Å². The Morgan fingerprint density at radius 1 is 1.38 bits per heavy atom. The third-order valence-electron chi connectivity index (χ3n) is 2.17. The number of aromatic amines is 1. The maximum absolute atomic E-state index is 11.7. The van der Waals surface area contributed by atoms with Gasteiger partial charge in [-0.25, -0.2) is 4.98 Å². The summed E-state index contributed by atoms with van der Waals surface area (Å²) < 4.78 is 0.733. The van der Waals surface area contributed by atoms with Gasteiger partial charge in [0.1, 0.15) is 5.82 Å². The number of H-pyrrole nitrogens is 1. The topological polar surface area (TPSA) is 45.8 Å². The Bertz CT molecular complexity index is 418.